The molecule has 2 heterocycles. The van der Waals surface area contributed by atoms with Crippen molar-refractivity contribution in [1.29, 1.82) is 0 Å². The summed E-state index contributed by atoms with van der Waals surface area (Å²) in [5.74, 6) is 0.716. The quantitative estimate of drug-likeness (QED) is 0.842. The van der Waals surface area contributed by atoms with Crippen LogP contribution in [0.15, 0.2) is 37.1 Å². The largest absolute Gasteiger partial charge is 0.393 e. The topological polar surface area (TPSA) is 80.0 Å². The Morgan fingerprint density at radius 1 is 1.43 bits per heavy atom. The van der Waals surface area contributed by atoms with Gasteiger partial charge in [-0.1, -0.05) is 13.8 Å². The number of aliphatic hydroxyl groups is 1. The Morgan fingerprint density at radius 3 is 2.81 bits per heavy atom. The molecule has 6 heteroatoms. The van der Waals surface area contributed by atoms with Gasteiger partial charge in [0.05, 0.1) is 11.7 Å². The predicted octanol–water partition coefficient (Wildman–Crippen LogP) is 1.40. The van der Waals surface area contributed by atoms with Crippen molar-refractivity contribution in [3.05, 3.63) is 42.6 Å². The lowest BCUT2D eigenvalue weighted by atomic mass is 10.0. The summed E-state index contributed by atoms with van der Waals surface area (Å²) in [5, 5.41) is 12.5. The number of carbonyl (C=O) groups excluding carboxylic acids is 1. The summed E-state index contributed by atoms with van der Waals surface area (Å²) in [6, 6.07) is 3.48. The van der Waals surface area contributed by atoms with Crippen molar-refractivity contribution < 1.29 is 9.90 Å². The average molecular weight is 288 g/mol. The molecule has 0 bridgehead atoms. The minimum absolute atomic E-state index is 0.185. The molecule has 0 spiro atoms. The zero-order chi connectivity index (χ0) is 15.2. The smallest absolute Gasteiger partial charge is 0.252 e. The lowest BCUT2D eigenvalue weighted by Crippen LogP contribution is -2.28. The van der Waals surface area contributed by atoms with Gasteiger partial charge in [0.25, 0.3) is 5.91 Å². The van der Waals surface area contributed by atoms with Gasteiger partial charge in [-0.25, -0.2) is 9.97 Å². The highest BCUT2D eigenvalue weighted by Crippen LogP contribution is 2.06. The molecular formula is C15H20N4O2. The first-order valence-electron chi connectivity index (χ1n) is 6.98. The second-order valence-electron chi connectivity index (χ2n) is 5.23. The Hall–Kier alpha value is -2.21. The zero-order valence-corrected chi connectivity index (χ0v) is 12.2. The van der Waals surface area contributed by atoms with Crippen molar-refractivity contribution >= 4 is 5.91 Å². The Balaban J connectivity index is 1.88. The number of imidazole rings is 1. The highest BCUT2D eigenvalue weighted by atomic mass is 16.3. The molecule has 0 aliphatic rings. The van der Waals surface area contributed by atoms with Crippen LogP contribution in [0, 0.1) is 5.92 Å². The van der Waals surface area contributed by atoms with Crippen LogP contribution in [-0.4, -0.2) is 38.2 Å². The van der Waals surface area contributed by atoms with E-state index in [1.54, 1.807) is 35.4 Å². The van der Waals surface area contributed by atoms with Gasteiger partial charge < -0.3 is 10.4 Å². The highest BCUT2D eigenvalue weighted by Gasteiger charge is 2.10. The average Bonchev–Trinajstić information content (AvgIpc) is 3.01. The molecule has 2 aromatic heterocycles. The van der Waals surface area contributed by atoms with E-state index in [0.29, 0.717) is 24.3 Å². The van der Waals surface area contributed by atoms with Crippen molar-refractivity contribution in [2.24, 2.45) is 5.92 Å². The summed E-state index contributed by atoms with van der Waals surface area (Å²) in [6.45, 7) is 4.35. The number of carbonyl (C=O) groups is 1. The number of nitrogens with zero attached hydrogens (tertiary/aromatic N) is 3. The Kier molecular flexibility index (Phi) is 5.05. The molecule has 1 atom stereocenters. The first-order valence-corrected chi connectivity index (χ1v) is 6.98. The molecule has 2 aromatic rings. The van der Waals surface area contributed by atoms with Crippen molar-refractivity contribution in [3.63, 3.8) is 0 Å². The van der Waals surface area contributed by atoms with Gasteiger partial charge in [-0.2, -0.15) is 0 Å². The fourth-order valence-electron chi connectivity index (χ4n) is 1.84. The number of aromatic nitrogens is 3. The fourth-order valence-corrected chi connectivity index (χ4v) is 1.84. The maximum atomic E-state index is 11.9. The molecule has 112 valence electrons. The van der Waals surface area contributed by atoms with E-state index < -0.39 is 6.10 Å². The zero-order valence-electron chi connectivity index (χ0n) is 12.2. The minimum atomic E-state index is -0.396. The molecule has 0 saturated heterocycles. The number of hydrogen-bond donors (Lipinski definition) is 2. The van der Waals surface area contributed by atoms with E-state index >= 15 is 0 Å². The molecule has 0 radical (unpaired) electrons. The first kappa shape index (κ1) is 15.2. The number of nitrogens with one attached hydrogen (secondary N) is 1. The molecule has 2 rings (SSSR count). The highest BCUT2D eigenvalue weighted by molar-refractivity contribution is 5.93. The standard InChI is InChI=1S/C15H20N4O2/c1-11(2)13(20)5-6-17-15(21)12-3-4-14(18-9-12)19-8-7-16-10-19/h3-4,7-11,13,20H,5-6H2,1-2H3,(H,17,21). The normalized spacial score (nSPS) is 12.4. The van der Waals surface area contributed by atoms with Crippen molar-refractivity contribution in [2.75, 3.05) is 6.54 Å². The van der Waals surface area contributed by atoms with Crippen LogP contribution >= 0.6 is 0 Å². The lowest BCUT2D eigenvalue weighted by Gasteiger charge is -2.14. The summed E-state index contributed by atoms with van der Waals surface area (Å²) in [5.41, 5.74) is 0.498. The maximum Gasteiger partial charge on any atom is 0.252 e. The summed E-state index contributed by atoms with van der Waals surface area (Å²) >= 11 is 0. The van der Waals surface area contributed by atoms with E-state index in [-0.39, 0.29) is 11.8 Å². The van der Waals surface area contributed by atoms with Crippen LogP contribution in [0.25, 0.3) is 5.82 Å². The molecule has 0 fully saturated rings. The molecular weight excluding hydrogens is 268 g/mol. The summed E-state index contributed by atoms with van der Waals surface area (Å²) in [4.78, 5) is 20.1. The van der Waals surface area contributed by atoms with Gasteiger partial charge in [0.2, 0.25) is 0 Å². The third-order valence-corrected chi connectivity index (χ3v) is 3.27. The van der Waals surface area contributed by atoms with E-state index in [4.69, 9.17) is 0 Å². The third kappa shape index (κ3) is 4.13. The van der Waals surface area contributed by atoms with Crippen molar-refractivity contribution in [1.82, 2.24) is 19.9 Å². The molecule has 1 unspecified atom stereocenters. The van der Waals surface area contributed by atoms with E-state index in [2.05, 4.69) is 15.3 Å². The van der Waals surface area contributed by atoms with Crippen LogP contribution in [0.3, 0.4) is 0 Å². The van der Waals surface area contributed by atoms with E-state index in [1.165, 1.54) is 6.20 Å². The van der Waals surface area contributed by atoms with Crippen LogP contribution in [0.1, 0.15) is 30.6 Å². The van der Waals surface area contributed by atoms with E-state index in [1.807, 2.05) is 13.8 Å². The fraction of sp³-hybridized carbons (Fsp3) is 0.400. The first-order chi connectivity index (χ1) is 10.1. The Labute approximate surface area is 123 Å². The van der Waals surface area contributed by atoms with Gasteiger partial charge in [0.15, 0.2) is 0 Å². The number of aliphatic hydroxyl groups excluding tert-OH is 1. The van der Waals surface area contributed by atoms with Gasteiger partial charge in [-0.05, 0) is 24.5 Å². The van der Waals surface area contributed by atoms with Crippen LogP contribution in [0.4, 0.5) is 0 Å². The maximum absolute atomic E-state index is 11.9. The molecule has 6 nitrogen and oxygen atoms in total. The summed E-state index contributed by atoms with van der Waals surface area (Å²) in [7, 11) is 0. The third-order valence-electron chi connectivity index (χ3n) is 3.27. The lowest BCUT2D eigenvalue weighted by molar-refractivity contribution is 0.0920. The number of hydrogen-bond acceptors (Lipinski definition) is 4. The van der Waals surface area contributed by atoms with Gasteiger partial charge >= 0.3 is 0 Å². The van der Waals surface area contributed by atoms with Crippen LogP contribution in [-0.2, 0) is 0 Å². The van der Waals surface area contributed by atoms with Crippen LogP contribution < -0.4 is 5.32 Å². The van der Waals surface area contributed by atoms with Crippen LogP contribution in [0.5, 0.6) is 0 Å². The monoisotopic (exact) mass is 288 g/mol. The Morgan fingerprint density at radius 2 is 2.24 bits per heavy atom. The van der Waals surface area contributed by atoms with Gasteiger partial charge in [0, 0.05) is 25.1 Å². The number of amides is 1. The second-order valence-corrected chi connectivity index (χ2v) is 5.23. The molecule has 1 amide bonds. The minimum Gasteiger partial charge on any atom is -0.393 e. The summed E-state index contributed by atoms with van der Waals surface area (Å²) in [6.07, 6.45) is 6.78. The van der Waals surface area contributed by atoms with E-state index in [0.717, 1.165) is 0 Å². The Bertz CT molecular complexity index is 564. The number of rotatable bonds is 6. The molecule has 0 aliphatic carbocycles. The molecule has 0 aliphatic heterocycles. The second kappa shape index (κ2) is 6.99. The molecule has 0 saturated carbocycles. The van der Waals surface area contributed by atoms with Gasteiger partial charge in [-0.3, -0.25) is 9.36 Å². The SMILES string of the molecule is CC(C)C(O)CCNC(=O)c1ccc(-n2ccnc2)nc1. The summed E-state index contributed by atoms with van der Waals surface area (Å²) < 4.78 is 1.76. The van der Waals surface area contributed by atoms with Crippen molar-refractivity contribution in [3.8, 4) is 5.82 Å². The molecule has 21 heavy (non-hydrogen) atoms. The van der Waals surface area contributed by atoms with Gasteiger partial charge in [-0.15, -0.1) is 0 Å². The van der Waals surface area contributed by atoms with Gasteiger partial charge in [0.1, 0.15) is 12.1 Å². The van der Waals surface area contributed by atoms with E-state index in [9.17, 15) is 9.90 Å². The number of pyridine rings is 1. The van der Waals surface area contributed by atoms with Crippen molar-refractivity contribution in [2.45, 2.75) is 26.4 Å². The molecule has 2 N–H and O–H groups in total. The van der Waals surface area contributed by atoms with Crippen LogP contribution in [0.2, 0.25) is 0 Å². The molecule has 0 aromatic carbocycles. The predicted molar refractivity (Wildman–Crippen MR) is 79.2 cm³/mol.